The molecule has 6 nitrogen and oxygen atoms in total. The molecule has 0 amide bonds. The molecule has 0 radical (unpaired) electrons. The molecular weight excluding hydrogens is 554 g/mol. The molecule has 42 heavy (non-hydrogen) atoms. The van der Waals surface area contributed by atoms with E-state index in [1.807, 2.05) is 19.9 Å². The van der Waals surface area contributed by atoms with Crippen LogP contribution in [0.15, 0.2) is 30.3 Å². The maximum Gasteiger partial charge on any atom is 0.276 e. The van der Waals surface area contributed by atoms with E-state index >= 15 is 8.78 Å². The number of hydrogen-bond donors (Lipinski definition) is 1. The molecule has 0 spiro atoms. The highest BCUT2D eigenvalue weighted by Crippen LogP contribution is 2.42. The fourth-order valence-electron chi connectivity index (χ4n) is 6.60. The van der Waals surface area contributed by atoms with Crippen molar-refractivity contribution in [2.75, 3.05) is 31.5 Å². The van der Waals surface area contributed by atoms with E-state index in [1.54, 1.807) is 18.2 Å². The van der Waals surface area contributed by atoms with Gasteiger partial charge in [0.05, 0.1) is 5.39 Å². The lowest BCUT2D eigenvalue weighted by molar-refractivity contribution is -0.0876. The lowest BCUT2D eigenvalue weighted by Crippen LogP contribution is -2.42. The summed E-state index contributed by atoms with van der Waals surface area (Å²) in [6.45, 7) is 16.0. The van der Waals surface area contributed by atoms with Gasteiger partial charge in [-0.3, -0.25) is 0 Å². The zero-order valence-electron chi connectivity index (χ0n) is 25.8. The van der Waals surface area contributed by atoms with Crippen molar-refractivity contribution < 1.29 is 8.78 Å². The molecule has 1 N–H and O–H groups in total. The molecule has 1 atom stereocenters. The van der Waals surface area contributed by atoms with Crippen molar-refractivity contribution in [1.29, 1.82) is 0 Å². The average Bonchev–Trinajstić information content (AvgIpc) is 2.97. The molecule has 0 saturated carbocycles. The van der Waals surface area contributed by atoms with Crippen molar-refractivity contribution in [2.24, 2.45) is 5.92 Å². The Balaban J connectivity index is 1.37. The van der Waals surface area contributed by atoms with Gasteiger partial charge in [0.15, 0.2) is 5.65 Å². The van der Waals surface area contributed by atoms with Gasteiger partial charge in [-0.2, -0.15) is 0 Å². The molecule has 0 bridgehead atoms. The Kier molecular flexibility index (Phi) is 9.36. The van der Waals surface area contributed by atoms with Crippen LogP contribution >= 0.6 is 11.6 Å². The van der Waals surface area contributed by atoms with Crippen LogP contribution in [0.5, 0.6) is 0 Å². The Hall–Kier alpha value is -2.42. The zero-order valence-corrected chi connectivity index (χ0v) is 26.6. The average molecular weight is 599 g/mol. The molecule has 5 rings (SSSR count). The van der Waals surface area contributed by atoms with Crippen LogP contribution in [0.4, 0.5) is 14.6 Å². The van der Waals surface area contributed by atoms with Crippen LogP contribution in [0.2, 0.25) is 5.15 Å². The topological polar surface area (TPSA) is 57.2 Å². The minimum absolute atomic E-state index is 0.0869. The van der Waals surface area contributed by atoms with Gasteiger partial charge in [0.2, 0.25) is 0 Å². The minimum atomic E-state index is -2.88. The van der Waals surface area contributed by atoms with E-state index in [9.17, 15) is 0 Å². The quantitative estimate of drug-likeness (QED) is 0.265. The van der Waals surface area contributed by atoms with Crippen LogP contribution in [0.1, 0.15) is 94.8 Å². The van der Waals surface area contributed by atoms with E-state index in [-0.39, 0.29) is 11.6 Å². The standard InChI is InChI=1S/C33H45ClF2N6/c1-20(2)41-14-10-24(11-15-41)28-19-29-31(38-23(6)39-32(29)40-30(28)34)37-22(5)25-8-7-9-27(18-25)33(35,36)26-12-16-42(17-13-26)21(3)4/h7-9,18-22,24,26H,10-17H2,1-6H3,(H,37,38,39,40)/t22-/m1/s1. The highest BCUT2D eigenvalue weighted by molar-refractivity contribution is 6.30. The summed E-state index contributed by atoms with van der Waals surface area (Å²) in [4.78, 5) is 18.7. The molecule has 2 saturated heterocycles. The first-order valence-corrected chi connectivity index (χ1v) is 15.9. The summed E-state index contributed by atoms with van der Waals surface area (Å²) in [6, 6.07) is 9.61. The number of alkyl halides is 2. The Bertz CT molecular complexity index is 1380. The van der Waals surface area contributed by atoms with Gasteiger partial charge in [0, 0.05) is 29.6 Å². The fourth-order valence-corrected chi connectivity index (χ4v) is 6.89. The van der Waals surface area contributed by atoms with E-state index in [1.165, 1.54) is 0 Å². The summed E-state index contributed by atoms with van der Waals surface area (Å²) < 4.78 is 31.5. The monoisotopic (exact) mass is 598 g/mol. The number of aryl methyl sites for hydroxylation is 1. The Labute approximate surface area is 254 Å². The Morgan fingerprint density at radius 3 is 2.12 bits per heavy atom. The molecule has 3 aromatic rings. The normalized spacial score (nSPS) is 19.2. The number of likely N-dealkylation sites (tertiary alicyclic amines) is 2. The molecule has 4 heterocycles. The van der Waals surface area contributed by atoms with Crippen LogP contribution < -0.4 is 5.32 Å². The molecular formula is C33H45ClF2N6. The first-order chi connectivity index (χ1) is 19.9. The SMILES string of the molecule is Cc1nc(N[C@H](C)c2cccc(C(F)(F)C3CCN(C(C)C)CC3)c2)c2cc(C3CCN(C(C)C)CC3)c(Cl)nc2n1. The molecule has 0 unspecified atom stereocenters. The third-order valence-corrected chi connectivity index (χ3v) is 9.68. The molecule has 2 aliphatic heterocycles. The second-order valence-corrected chi connectivity index (χ2v) is 13.1. The van der Waals surface area contributed by atoms with Crippen molar-refractivity contribution in [2.45, 2.75) is 97.2 Å². The number of hydrogen-bond acceptors (Lipinski definition) is 6. The van der Waals surface area contributed by atoms with Gasteiger partial charge in [-0.1, -0.05) is 29.8 Å². The van der Waals surface area contributed by atoms with Gasteiger partial charge in [-0.05, 0) is 123 Å². The maximum atomic E-state index is 15.7. The highest BCUT2D eigenvalue weighted by Gasteiger charge is 2.43. The van der Waals surface area contributed by atoms with Crippen molar-refractivity contribution in [1.82, 2.24) is 24.8 Å². The summed E-state index contributed by atoms with van der Waals surface area (Å²) >= 11 is 6.71. The predicted molar refractivity (Wildman–Crippen MR) is 168 cm³/mol. The highest BCUT2D eigenvalue weighted by atomic mass is 35.5. The summed E-state index contributed by atoms with van der Waals surface area (Å²) in [5, 5.41) is 4.80. The smallest absolute Gasteiger partial charge is 0.276 e. The zero-order chi connectivity index (χ0) is 30.2. The number of pyridine rings is 1. The van der Waals surface area contributed by atoms with Crippen LogP contribution in [-0.2, 0) is 5.92 Å². The minimum Gasteiger partial charge on any atom is -0.363 e. The van der Waals surface area contributed by atoms with Gasteiger partial charge in [-0.25, -0.2) is 23.7 Å². The predicted octanol–water partition coefficient (Wildman–Crippen LogP) is 7.96. The van der Waals surface area contributed by atoms with E-state index in [0.29, 0.717) is 66.4 Å². The summed E-state index contributed by atoms with van der Waals surface area (Å²) in [5.74, 6) is -1.99. The van der Waals surface area contributed by atoms with Gasteiger partial charge in [0.1, 0.15) is 16.8 Å². The summed E-state index contributed by atoms with van der Waals surface area (Å²) in [6.07, 6.45) is 3.05. The van der Waals surface area contributed by atoms with Crippen molar-refractivity contribution in [3.63, 3.8) is 0 Å². The largest absolute Gasteiger partial charge is 0.363 e. The lowest BCUT2D eigenvalue weighted by Gasteiger charge is -2.38. The second-order valence-electron chi connectivity index (χ2n) is 12.8. The van der Waals surface area contributed by atoms with E-state index < -0.39 is 11.8 Å². The summed E-state index contributed by atoms with van der Waals surface area (Å²) in [5.41, 5.74) is 2.45. The van der Waals surface area contributed by atoms with E-state index in [0.717, 1.165) is 42.4 Å². The van der Waals surface area contributed by atoms with Crippen molar-refractivity contribution in [3.05, 3.63) is 58.0 Å². The fraction of sp³-hybridized carbons (Fsp3) is 0.606. The molecule has 9 heteroatoms. The summed E-state index contributed by atoms with van der Waals surface area (Å²) in [7, 11) is 0. The van der Waals surface area contributed by atoms with Crippen molar-refractivity contribution in [3.8, 4) is 0 Å². The Morgan fingerprint density at radius 2 is 1.50 bits per heavy atom. The number of fused-ring (bicyclic) bond motifs is 1. The number of halogens is 3. The Morgan fingerprint density at radius 1 is 0.881 bits per heavy atom. The number of nitrogens with zero attached hydrogens (tertiary/aromatic N) is 5. The number of piperidine rings is 2. The molecule has 2 aromatic heterocycles. The first-order valence-electron chi connectivity index (χ1n) is 15.5. The van der Waals surface area contributed by atoms with Crippen LogP contribution in [0, 0.1) is 12.8 Å². The van der Waals surface area contributed by atoms with Gasteiger partial charge in [-0.15, -0.1) is 0 Å². The van der Waals surface area contributed by atoms with E-state index in [2.05, 4.69) is 58.8 Å². The number of rotatable bonds is 8. The number of nitrogens with one attached hydrogen (secondary N) is 1. The third-order valence-electron chi connectivity index (χ3n) is 9.38. The maximum absolute atomic E-state index is 15.7. The molecule has 2 aliphatic rings. The molecule has 1 aromatic carbocycles. The van der Waals surface area contributed by atoms with Crippen LogP contribution in [-0.4, -0.2) is 63.0 Å². The van der Waals surface area contributed by atoms with Crippen LogP contribution in [0.25, 0.3) is 11.0 Å². The second kappa shape index (κ2) is 12.7. The number of anilines is 1. The van der Waals surface area contributed by atoms with Gasteiger partial charge >= 0.3 is 0 Å². The number of aromatic nitrogens is 3. The molecule has 228 valence electrons. The van der Waals surface area contributed by atoms with Crippen molar-refractivity contribution >= 4 is 28.5 Å². The lowest BCUT2D eigenvalue weighted by atomic mass is 9.85. The van der Waals surface area contributed by atoms with Gasteiger partial charge < -0.3 is 15.1 Å². The van der Waals surface area contributed by atoms with E-state index in [4.69, 9.17) is 16.6 Å². The molecule has 0 aliphatic carbocycles. The number of benzene rings is 1. The third kappa shape index (κ3) is 6.56. The molecule has 2 fully saturated rings. The van der Waals surface area contributed by atoms with Crippen LogP contribution in [0.3, 0.4) is 0 Å². The van der Waals surface area contributed by atoms with Gasteiger partial charge in [0.25, 0.3) is 5.92 Å². The first kappa shape index (κ1) is 31.0.